The molecule has 138 valence electrons. The van der Waals surface area contributed by atoms with E-state index < -0.39 is 6.29 Å². The smallest absolute Gasteiger partial charge is 0.395 e. The van der Waals surface area contributed by atoms with Crippen LogP contribution in [0, 0.1) is 0 Å². The highest BCUT2D eigenvalue weighted by molar-refractivity contribution is 5.92. The predicted molar refractivity (Wildman–Crippen MR) is 90.2 cm³/mol. The third-order valence-electron chi connectivity index (χ3n) is 4.72. The minimum Gasteiger partial charge on any atom is -0.395 e. The van der Waals surface area contributed by atoms with Crippen molar-refractivity contribution in [2.24, 2.45) is 7.05 Å². The molecule has 1 saturated heterocycles. The highest BCUT2D eigenvalue weighted by Gasteiger charge is 2.43. The maximum atomic E-state index is 13.1. The van der Waals surface area contributed by atoms with E-state index in [1.807, 2.05) is 19.3 Å². The van der Waals surface area contributed by atoms with Crippen LogP contribution in [0.15, 0.2) is 36.5 Å². The van der Waals surface area contributed by atoms with E-state index in [-0.39, 0.29) is 30.0 Å². The number of aromatic nitrogens is 1. The number of amides is 1. The fraction of sp³-hybridized carbons (Fsp3) is 0.389. The number of hydrogen-bond acceptors (Lipinski definition) is 4. The highest BCUT2D eigenvalue weighted by Crippen LogP contribution is 2.42. The molecule has 1 atom stereocenters. The number of carbonyl (C=O) groups is 1. The van der Waals surface area contributed by atoms with Gasteiger partial charge >= 0.3 is 6.29 Å². The van der Waals surface area contributed by atoms with Crippen molar-refractivity contribution in [2.45, 2.75) is 25.2 Å². The number of hydrogen-bond donors (Lipinski definition) is 1. The van der Waals surface area contributed by atoms with Crippen LogP contribution in [-0.4, -0.2) is 34.8 Å². The summed E-state index contributed by atoms with van der Waals surface area (Å²) in [7, 11) is 1.99. The van der Waals surface area contributed by atoms with Crippen LogP contribution < -0.4 is 14.8 Å². The van der Waals surface area contributed by atoms with Gasteiger partial charge < -0.3 is 19.4 Å². The van der Waals surface area contributed by atoms with E-state index >= 15 is 0 Å². The molecule has 26 heavy (non-hydrogen) atoms. The minimum atomic E-state index is -3.66. The molecule has 1 fully saturated rings. The van der Waals surface area contributed by atoms with Crippen molar-refractivity contribution in [3.8, 4) is 11.5 Å². The summed E-state index contributed by atoms with van der Waals surface area (Å²) in [5, 5.41) is 2.74. The standard InChI is InChI=1S/C18H19F2N3O3/c1-22-8-2-4-13(22)14-5-3-9-23(14)11-17(24)21-12-6-7-15-16(10-12)26-18(19,20)25-15/h2,4,6-8,10,14H,3,5,9,11H2,1H3,(H,21,24)/t14-/m1/s1. The number of likely N-dealkylation sites (tertiary alicyclic amines) is 1. The Hall–Kier alpha value is -2.61. The molecule has 0 saturated carbocycles. The van der Waals surface area contributed by atoms with Crippen LogP contribution in [0.1, 0.15) is 24.6 Å². The van der Waals surface area contributed by atoms with Crippen LogP contribution in [0.5, 0.6) is 11.5 Å². The van der Waals surface area contributed by atoms with Gasteiger partial charge in [0.15, 0.2) is 11.5 Å². The summed E-state index contributed by atoms with van der Waals surface area (Å²) in [5.74, 6) is -0.330. The summed E-state index contributed by atoms with van der Waals surface area (Å²) in [4.78, 5) is 14.5. The van der Waals surface area contributed by atoms with Gasteiger partial charge in [-0.25, -0.2) is 0 Å². The molecule has 0 radical (unpaired) electrons. The first-order valence-electron chi connectivity index (χ1n) is 8.46. The second-order valence-corrected chi connectivity index (χ2v) is 6.55. The van der Waals surface area contributed by atoms with Gasteiger partial charge in [-0.2, -0.15) is 0 Å². The van der Waals surface area contributed by atoms with Gasteiger partial charge in [0.1, 0.15) is 0 Å². The molecule has 6 nitrogen and oxygen atoms in total. The number of carbonyl (C=O) groups excluding carboxylic acids is 1. The number of benzene rings is 1. The highest BCUT2D eigenvalue weighted by atomic mass is 19.3. The van der Waals surface area contributed by atoms with Crippen LogP contribution in [0.2, 0.25) is 0 Å². The maximum absolute atomic E-state index is 13.1. The largest absolute Gasteiger partial charge is 0.586 e. The van der Waals surface area contributed by atoms with E-state index in [9.17, 15) is 13.6 Å². The van der Waals surface area contributed by atoms with Crippen LogP contribution >= 0.6 is 0 Å². The Morgan fingerprint density at radius 1 is 1.31 bits per heavy atom. The molecular formula is C18H19F2N3O3. The number of nitrogens with one attached hydrogen (secondary N) is 1. The van der Waals surface area contributed by atoms with Crippen LogP contribution in [0.4, 0.5) is 14.5 Å². The lowest BCUT2D eigenvalue weighted by Crippen LogP contribution is -2.33. The number of nitrogens with zero attached hydrogens (tertiary/aromatic N) is 2. The summed E-state index contributed by atoms with van der Waals surface area (Å²) in [5.41, 5.74) is 1.57. The van der Waals surface area contributed by atoms with E-state index in [2.05, 4.69) is 30.3 Å². The van der Waals surface area contributed by atoms with Gasteiger partial charge in [0.05, 0.1) is 12.6 Å². The quantitative estimate of drug-likeness (QED) is 0.907. The lowest BCUT2D eigenvalue weighted by Gasteiger charge is -2.24. The number of anilines is 1. The van der Waals surface area contributed by atoms with Crippen molar-refractivity contribution in [2.75, 3.05) is 18.4 Å². The summed E-state index contributed by atoms with van der Waals surface area (Å²) < 4.78 is 37.0. The van der Waals surface area contributed by atoms with Gasteiger partial charge in [0.2, 0.25) is 5.91 Å². The molecule has 3 heterocycles. The average Bonchev–Trinajstić information content (AvgIpc) is 3.24. The Labute approximate surface area is 149 Å². The maximum Gasteiger partial charge on any atom is 0.586 e. The van der Waals surface area contributed by atoms with E-state index in [0.717, 1.165) is 19.4 Å². The van der Waals surface area contributed by atoms with Crippen molar-refractivity contribution < 1.29 is 23.0 Å². The van der Waals surface area contributed by atoms with Crippen LogP contribution in [0.25, 0.3) is 0 Å². The zero-order valence-corrected chi connectivity index (χ0v) is 14.2. The van der Waals surface area contributed by atoms with Gasteiger partial charge in [-0.15, -0.1) is 8.78 Å². The molecule has 2 aliphatic rings. The molecule has 0 spiro atoms. The first-order chi connectivity index (χ1) is 12.4. The van der Waals surface area contributed by atoms with E-state index in [0.29, 0.717) is 5.69 Å². The van der Waals surface area contributed by atoms with E-state index in [1.165, 1.54) is 23.9 Å². The summed E-state index contributed by atoms with van der Waals surface area (Å²) in [6.07, 6.45) is 0.365. The third kappa shape index (κ3) is 3.24. The number of rotatable bonds is 4. The van der Waals surface area contributed by atoms with Crippen molar-refractivity contribution in [1.82, 2.24) is 9.47 Å². The normalized spacial score (nSPS) is 21.1. The molecule has 1 aromatic heterocycles. The molecule has 8 heteroatoms. The van der Waals surface area contributed by atoms with E-state index in [4.69, 9.17) is 0 Å². The molecule has 1 aromatic carbocycles. The fourth-order valence-electron chi connectivity index (χ4n) is 3.58. The molecule has 1 amide bonds. The molecule has 0 unspecified atom stereocenters. The Kier molecular flexibility index (Phi) is 4.07. The molecule has 1 N–H and O–H groups in total. The number of fused-ring (bicyclic) bond motifs is 1. The van der Waals surface area contributed by atoms with Gasteiger partial charge in [-0.3, -0.25) is 9.69 Å². The monoisotopic (exact) mass is 363 g/mol. The zero-order chi connectivity index (χ0) is 18.3. The second kappa shape index (κ2) is 6.28. The Bertz CT molecular complexity index is 837. The van der Waals surface area contributed by atoms with Crippen LogP contribution in [-0.2, 0) is 11.8 Å². The molecule has 0 aliphatic carbocycles. The Balaban J connectivity index is 1.41. The summed E-state index contributed by atoms with van der Waals surface area (Å²) >= 11 is 0. The van der Waals surface area contributed by atoms with Crippen molar-refractivity contribution in [3.05, 3.63) is 42.2 Å². The lowest BCUT2D eigenvalue weighted by molar-refractivity contribution is -0.286. The Morgan fingerprint density at radius 2 is 2.12 bits per heavy atom. The average molecular weight is 363 g/mol. The van der Waals surface area contributed by atoms with E-state index in [1.54, 1.807) is 0 Å². The van der Waals surface area contributed by atoms with Crippen molar-refractivity contribution in [3.63, 3.8) is 0 Å². The third-order valence-corrected chi connectivity index (χ3v) is 4.72. The fourth-order valence-corrected chi connectivity index (χ4v) is 3.58. The molecule has 4 rings (SSSR count). The number of ether oxygens (including phenoxy) is 2. The molecule has 2 aliphatic heterocycles. The zero-order valence-electron chi connectivity index (χ0n) is 14.2. The first-order valence-corrected chi connectivity index (χ1v) is 8.46. The molecular weight excluding hydrogens is 344 g/mol. The minimum absolute atomic E-state index is 0.0451. The van der Waals surface area contributed by atoms with Crippen molar-refractivity contribution >= 4 is 11.6 Å². The number of aryl methyl sites for hydroxylation is 1. The lowest BCUT2D eigenvalue weighted by atomic mass is 10.1. The second-order valence-electron chi connectivity index (χ2n) is 6.55. The predicted octanol–water partition coefficient (Wildman–Crippen LogP) is 3.12. The van der Waals surface area contributed by atoms with Crippen molar-refractivity contribution in [1.29, 1.82) is 0 Å². The molecule has 0 bridgehead atoms. The SMILES string of the molecule is Cn1cccc1[C@H]1CCCN1CC(=O)Nc1ccc2c(c1)OC(F)(F)O2. The molecule has 2 aromatic rings. The Morgan fingerprint density at radius 3 is 2.88 bits per heavy atom. The van der Waals surface area contributed by atoms with Gasteiger partial charge in [0.25, 0.3) is 0 Å². The summed E-state index contributed by atoms with van der Waals surface area (Å²) in [6.45, 7) is 1.08. The summed E-state index contributed by atoms with van der Waals surface area (Å²) in [6, 6.07) is 8.48. The van der Waals surface area contributed by atoms with Gasteiger partial charge in [-0.05, 0) is 43.7 Å². The van der Waals surface area contributed by atoms with Crippen LogP contribution in [0.3, 0.4) is 0 Å². The number of halogens is 2. The van der Waals surface area contributed by atoms with Gasteiger partial charge in [-0.1, -0.05) is 0 Å². The number of alkyl halides is 2. The van der Waals surface area contributed by atoms with Gasteiger partial charge in [0, 0.05) is 30.7 Å². The first kappa shape index (κ1) is 16.8. The topological polar surface area (TPSA) is 55.7 Å².